The van der Waals surface area contributed by atoms with Gasteiger partial charge in [0.25, 0.3) is 0 Å². The lowest BCUT2D eigenvalue weighted by Crippen LogP contribution is -2.37. The number of rotatable bonds is 5. The van der Waals surface area contributed by atoms with Crippen molar-refractivity contribution in [2.24, 2.45) is 4.99 Å². The molecule has 0 aliphatic carbocycles. The Morgan fingerprint density at radius 2 is 2.00 bits per heavy atom. The van der Waals surface area contributed by atoms with Crippen LogP contribution < -0.4 is 10.6 Å². The Hall–Kier alpha value is -1.22. The largest absolute Gasteiger partial charge is 0.357 e. The summed E-state index contributed by atoms with van der Waals surface area (Å²) in [6, 6.07) is 7.78. The second kappa shape index (κ2) is 7.96. The molecule has 0 spiro atoms. The first-order chi connectivity index (χ1) is 8.27. The molecule has 1 aromatic carbocycles. The Morgan fingerprint density at radius 3 is 2.65 bits per heavy atom. The highest BCUT2D eigenvalue weighted by atomic mass is 35.5. The molecule has 0 fully saturated rings. The van der Waals surface area contributed by atoms with Crippen LogP contribution in [0.1, 0.15) is 25.8 Å². The molecule has 0 saturated carbocycles. The maximum atomic E-state index is 6.08. The van der Waals surface area contributed by atoms with E-state index in [0.717, 1.165) is 36.1 Å². The number of aliphatic imine (C=N–C) groups is 1. The Kier molecular flexibility index (Phi) is 6.48. The van der Waals surface area contributed by atoms with Crippen molar-refractivity contribution in [2.45, 2.75) is 26.8 Å². The van der Waals surface area contributed by atoms with E-state index >= 15 is 0 Å². The SMILES string of the molecule is CCCNC(=NCc1ccccc1Cl)NCC. The van der Waals surface area contributed by atoms with Crippen LogP contribution in [0.15, 0.2) is 29.3 Å². The predicted octanol–water partition coefficient (Wildman–Crippen LogP) is 2.81. The molecule has 0 radical (unpaired) electrons. The molecule has 1 rings (SSSR count). The first-order valence-electron chi connectivity index (χ1n) is 6.03. The summed E-state index contributed by atoms with van der Waals surface area (Å²) >= 11 is 6.08. The van der Waals surface area contributed by atoms with Crippen LogP contribution in [0.25, 0.3) is 0 Å². The molecule has 0 atom stereocenters. The van der Waals surface area contributed by atoms with E-state index in [1.54, 1.807) is 0 Å². The van der Waals surface area contributed by atoms with Gasteiger partial charge in [-0.3, -0.25) is 0 Å². The Morgan fingerprint density at radius 1 is 1.24 bits per heavy atom. The van der Waals surface area contributed by atoms with Crippen molar-refractivity contribution in [3.05, 3.63) is 34.9 Å². The first-order valence-corrected chi connectivity index (χ1v) is 6.41. The van der Waals surface area contributed by atoms with Gasteiger partial charge in [0.15, 0.2) is 5.96 Å². The zero-order valence-electron chi connectivity index (χ0n) is 10.5. The lowest BCUT2D eigenvalue weighted by atomic mass is 10.2. The molecular formula is C13H20ClN3. The van der Waals surface area contributed by atoms with Gasteiger partial charge in [-0.25, -0.2) is 4.99 Å². The summed E-state index contributed by atoms with van der Waals surface area (Å²) in [6.45, 7) is 6.56. The number of guanidine groups is 1. The molecule has 0 aromatic heterocycles. The molecule has 0 heterocycles. The predicted molar refractivity (Wildman–Crippen MR) is 74.6 cm³/mol. The minimum atomic E-state index is 0.596. The van der Waals surface area contributed by atoms with E-state index in [9.17, 15) is 0 Å². The van der Waals surface area contributed by atoms with Gasteiger partial charge < -0.3 is 10.6 Å². The van der Waals surface area contributed by atoms with Gasteiger partial charge in [0.1, 0.15) is 0 Å². The van der Waals surface area contributed by atoms with Gasteiger partial charge in [-0.05, 0) is 25.0 Å². The number of hydrogen-bond acceptors (Lipinski definition) is 1. The second-order valence-electron chi connectivity index (χ2n) is 3.71. The van der Waals surface area contributed by atoms with E-state index in [2.05, 4.69) is 29.5 Å². The van der Waals surface area contributed by atoms with Gasteiger partial charge in [-0.15, -0.1) is 0 Å². The Labute approximate surface area is 108 Å². The summed E-state index contributed by atoms with van der Waals surface area (Å²) in [7, 11) is 0. The van der Waals surface area contributed by atoms with Crippen molar-refractivity contribution < 1.29 is 0 Å². The van der Waals surface area contributed by atoms with E-state index in [1.165, 1.54) is 0 Å². The van der Waals surface area contributed by atoms with Gasteiger partial charge in [0.05, 0.1) is 6.54 Å². The average Bonchev–Trinajstić information content (AvgIpc) is 2.34. The monoisotopic (exact) mass is 253 g/mol. The molecule has 0 amide bonds. The lowest BCUT2D eigenvalue weighted by Gasteiger charge is -2.10. The topological polar surface area (TPSA) is 36.4 Å². The molecule has 3 nitrogen and oxygen atoms in total. The van der Waals surface area contributed by atoms with Crippen molar-refractivity contribution in [2.75, 3.05) is 13.1 Å². The fraction of sp³-hybridized carbons (Fsp3) is 0.462. The third-order valence-electron chi connectivity index (χ3n) is 2.25. The van der Waals surface area contributed by atoms with Gasteiger partial charge in [-0.2, -0.15) is 0 Å². The average molecular weight is 254 g/mol. The van der Waals surface area contributed by atoms with Crippen LogP contribution in [-0.2, 0) is 6.54 Å². The summed E-state index contributed by atoms with van der Waals surface area (Å²) < 4.78 is 0. The number of halogens is 1. The highest BCUT2D eigenvalue weighted by Crippen LogP contribution is 2.15. The van der Waals surface area contributed by atoms with Crippen LogP contribution in [0.5, 0.6) is 0 Å². The van der Waals surface area contributed by atoms with Gasteiger partial charge >= 0.3 is 0 Å². The molecule has 94 valence electrons. The van der Waals surface area contributed by atoms with E-state index in [1.807, 2.05) is 24.3 Å². The molecule has 0 bridgehead atoms. The van der Waals surface area contributed by atoms with Gasteiger partial charge in [0, 0.05) is 18.1 Å². The maximum Gasteiger partial charge on any atom is 0.191 e. The van der Waals surface area contributed by atoms with Crippen molar-refractivity contribution in [3.63, 3.8) is 0 Å². The quantitative estimate of drug-likeness (QED) is 0.625. The molecular weight excluding hydrogens is 234 g/mol. The Bertz CT molecular complexity index is 363. The highest BCUT2D eigenvalue weighted by Gasteiger charge is 1.99. The summed E-state index contributed by atoms with van der Waals surface area (Å²) in [4.78, 5) is 4.49. The summed E-state index contributed by atoms with van der Waals surface area (Å²) in [6.07, 6.45) is 1.08. The maximum absolute atomic E-state index is 6.08. The van der Waals surface area contributed by atoms with Crippen LogP contribution in [0.2, 0.25) is 5.02 Å². The fourth-order valence-corrected chi connectivity index (χ4v) is 1.57. The van der Waals surface area contributed by atoms with E-state index in [-0.39, 0.29) is 0 Å². The van der Waals surface area contributed by atoms with E-state index in [4.69, 9.17) is 11.6 Å². The fourth-order valence-electron chi connectivity index (χ4n) is 1.38. The van der Waals surface area contributed by atoms with Crippen LogP contribution in [0.4, 0.5) is 0 Å². The highest BCUT2D eigenvalue weighted by molar-refractivity contribution is 6.31. The molecule has 1 aromatic rings. The number of nitrogens with zero attached hydrogens (tertiary/aromatic N) is 1. The molecule has 0 saturated heterocycles. The smallest absolute Gasteiger partial charge is 0.191 e. The minimum Gasteiger partial charge on any atom is -0.357 e. The van der Waals surface area contributed by atoms with Crippen molar-refractivity contribution in [3.8, 4) is 0 Å². The summed E-state index contributed by atoms with van der Waals surface area (Å²) in [5.74, 6) is 0.842. The standard InChI is InChI=1S/C13H20ClN3/c1-3-9-16-13(15-4-2)17-10-11-7-5-6-8-12(11)14/h5-8H,3-4,9-10H2,1-2H3,(H2,15,16,17). The third-order valence-corrected chi connectivity index (χ3v) is 2.62. The second-order valence-corrected chi connectivity index (χ2v) is 4.12. The van der Waals surface area contributed by atoms with Crippen LogP contribution in [0.3, 0.4) is 0 Å². The Balaban J connectivity index is 2.61. The van der Waals surface area contributed by atoms with Crippen LogP contribution >= 0.6 is 11.6 Å². The third kappa shape index (κ3) is 5.09. The van der Waals surface area contributed by atoms with Crippen molar-refractivity contribution in [1.29, 1.82) is 0 Å². The number of benzene rings is 1. The summed E-state index contributed by atoms with van der Waals surface area (Å²) in [5.41, 5.74) is 1.04. The molecule has 2 N–H and O–H groups in total. The number of nitrogens with one attached hydrogen (secondary N) is 2. The molecule has 4 heteroatoms. The molecule has 0 unspecified atom stereocenters. The van der Waals surface area contributed by atoms with Crippen LogP contribution in [0, 0.1) is 0 Å². The zero-order chi connectivity index (χ0) is 12.5. The molecule has 17 heavy (non-hydrogen) atoms. The van der Waals surface area contributed by atoms with Crippen molar-refractivity contribution in [1.82, 2.24) is 10.6 Å². The lowest BCUT2D eigenvalue weighted by molar-refractivity contribution is 0.785. The first kappa shape index (κ1) is 13.8. The normalized spacial score (nSPS) is 11.4. The van der Waals surface area contributed by atoms with Crippen LogP contribution in [-0.4, -0.2) is 19.0 Å². The molecule has 0 aliphatic rings. The summed E-state index contributed by atoms with van der Waals surface area (Å²) in [5, 5.41) is 7.23. The van der Waals surface area contributed by atoms with Gasteiger partial charge in [0.2, 0.25) is 0 Å². The van der Waals surface area contributed by atoms with E-state index in [0.29, 0.717) is 6.54 Å². The van der Waals surface area contributed by atoms with Gasteiger partial charge in [-0.1, -0.05) is 36.7 Å². The minimum absolute atomic E-state index is 0.596. The zero-order valence-corrected chi connectivity index (χ0v) is 11.2. The van der Waals surface area contributed by atoms with Crippen molar-refractivity contribution >= 4 is 17.6 Å². The molecule has 0 aliphatic heterocycles. The number of hydrogen-bond donors (Lipinski definition) is 2. The van der Waals surface area contributed by atoms with E-state index < -0.39 is 0 Å².